The average Bonchev–Trinajstić information content (AvgIpc) is 2.33. The van der Waals surface area contributed by atoms with Crippen molar-refractivity contribution >= 4 is 8.56 Å². The summed E-state index contributed by atoms with van der Waals surface area (Å²) < 4.78 is 15.9. The summed E-state index contributed by atoms with van der Waals surface area (Å²) in [5.74, 6) is 0.747. The minimum atomic E-state index is -2.57. The van der Waals surface area contributed by atoms with E-state index in [1.165, 1.54) is 14.2 Å². The Morgan fingerprint density at radius 2 is 1.73 bits per heavy atom. The summed E-state index contributed by atoms with van der Waals surface area (Å²) in [4.78, 5) is 0. The maximum Gasteiger partial charge on any atom is 0.402 e. The molecule has 0 saturated carbocycles. The molecular formula is C10H16O4Si. The Morgan fingerprint density at radius 1 is 1.13 bits per heavy atom. The van der Waals surface area contributed by atoms with Gasteiger partial charge in [0.15, 0.2) is 0 Å². The lowest BCUT2D eigenvalue weighted by Gasteiger charge is -2.24. The minimum Gasteiger partial charge on any atom is -0.492 e. The van der Waals surface area contributed by atoms with Crippen molar-refractivity contribution in [1.29, 1.82) is 0 Å². The van der Waals surface area contributed by atoms with Crippen LogP contribution in [0.1, 0.15) is 0 Å². The van der Waals surface area contributed by atoms with Crippen molar-refractivity contribution in [3.63, 3.8) is 0 Å². The van der Waals surface area contributed by atoms with Crippen molar-refractivity contribution in [1.82, 2.24) is 0 Å². The van der Waals surface area contributed by atoms with Gasteiger partial charge in [-0.2, -0.15) is 0 Å². The molecule has 0 atom stereocenters. The maximum atomic E-state index is 9.19. The molecule has 0 bridgehead atoms. The largest absolute Gasteiger partial charge is 0.492 e. The Bertz CT molecular complexity index is 266. The Morgan fingerprint density at radius 3 is 2.20 bits per heavy atom. The number of aliphatic hydroxyl groups excluding tert-OH is 1. The first-order chi connectivity index (χ1) is 7.26. The predicted octanol–water partition coefficient (Wildman–Crippen LogP) is 0.871. The quantitative estimate of drug-likeness (QED) is 0.734. The number of aliphatic hydroxyl groups is 1. The van der Waals surface area contributed by atoms with Gasteiger partial charge in [0, 0.05) is 14.2 Å². The zero-order chi connectivity index (χ0) is 11.1. The van der Waals surface area contributed by atoms with Gasteiger partial charge in [0.05, 0.1) is 6.23 Å². The fourth-order valence-corrected chi connectivity index (χ4v) is 2.22. The maximum absolute atomic E-state index is 9.19. The topological polar surface area (TPSA) is 47.9 Å². The van der Waals surface area contributed by atoms with Gasteiger partial charge in [-0.25, -0.2) is 0 Å². The van der Waals surface area contributed by atoms with Gasteiger partial charge >= 0.3 is 8.56 Å². The number of hydrogen-bond acceptors (Lipinski definition) is 4. The normalized spacial score (nSPS) is 11.4. The number of benzene rings is 1. The molecule has 1 aromatic carbocycles. The van der Waals surface area contributed by atoms with Crippen LogP contribution in [0.2, 0.25) is 0 Å². The highest BCUT2D eigenvalue weighted by molar-refractivity contribution is 6.67. The van der Waals surface area contributed by atoms with Gasteiger partial charge in [-0.3, -0.25) is 0 Å². The molecule has 0 spiro atoms. The molecule has 0 heterocycles. The van der Waals surface area contributed by atoms with Gasteiger partial charge in [0.25, 0.3) is 0 Å². The van der Waals surface area contributed by atoms with Crippen LogP contribution in [-0.4, -0.2) is 40.3 Å². The molecule has 0 fully saturated rings. The van der Waals surface area contributed by atoms with Gasteiger partial charge in [0.2, 0.25) is 0 Å². The number of para-hydroxylation sites is 1. The van der Waals surface area contributed by atoms with Crippen LogP contribution in [0.15, 0.2) is 30.3 Å². The second-order valence-corrected chi connectivity index (χ2v) is 6.32. The fourth-order valence-electron chi connectivity index (χ4n) is 1.09. The van der Waals surface area contributed by atoms with Crippen LogP contribution in [0.3, 0.4) is 0 Å². The van der Waals surface area contributed by atoms with Crippen molar-refractivity contribution in [3.8, 4) is 5.75 Å². The second-order valence-electron chi connectivity index (χ2n) is 3.08. The second kappa shape index (κ2) is 5.87. The molecule has 1 rings (SSSR count). The fraction of sp³-hybridized carbons (Fsp3) is 0.400. The van der Waals surface area contributed by atoms with Gasteiger partial charge in [-0.05, 0) is 12.1 Å². The molecule has 5 heteroatoms. The van der Waals surface area contributed by atoms with Crippen molar-refractivity contribution in [2.24, 2.45) is 0 Å². The summed E-state index contributed by atoms with van der Waals surface area (Å²) in [6.45, 7) is 0. The predicted molar refractivity (Wildman–Crippen MR) is 58.8 cm³/mol. The van der Waals surface area contributed by atoms with Crippen LogP contribution in [0.25, 0.3) is 0 Å². The summed E-state index contributed by atoms with van der Waals surface area (Å²) >= 11 is 0. The lowest BCUT2D eigenvalue weighted by molar-refractivity contribution is 0.169. The monoisotopic (exact) mass is 228 g/mol. The average molecular weight is 228 g/mol. The molecule has 84 valence electrons. The Hall–Kier alpha value is -0.883. The van der Waals surface area contributed by atoms with Crippen LogP contribution in [0.5, 0.6) is 5.75 Å². The van der Waals surface area contributed by atoms with Gasteiger partial charge in [-0.1, -0.05) is 18.2 Å². The summed E-state index contributed by atoms with van der Waals surface area (Å²) in [7, 11) is 0.489. The molecule has 0 unspecified atom stereocenters. The molecule has 0 radical (unpaired) electrons. The third kappa shape index (κ3) is 3.31. The van der Waals surface area contributed by atoms with E-state index in [0.717, 1.165) is 5.75 Å². The standard InChI is InChI=1S/C10H16O4Si/c1-12-15(8-11,13-2)9-14-10-6-4-3-5-7-10/h3-7,11H,8-9H2,1-2H3. The SMILES string of the molecule is CO[Si](CO)(COc1ccccc1)OC. The van der Waals surface area contributed by atoms with E-state index in [9.17, 15) is 5.11 Å². The highest BCUT2D eigenvalue weighted by atomic mass is 28.4. The zero-order valence-electron chi connectivity index (χ0n) is 8.97. The van der Waals surface area contributed by atoms with Crippen LogP contribution in [0.4, 0.5) is 0 Å². The molecule has 1 aromatic rings. The molecule has 1 N–H and O–H groups in total. The van der Waals surface area contributed by atoms with E-state index >= 15 is 0 Å². The summed E-state index contributed by atoms with van der Waals surface area (Å²) in [6, 6.07) is 9.38. The van der Waals surface area contributed by atoms with Crippen molar-refractivity contribution in [2.45, 2.75) is 0 Å². The van der Waals surface area contributed by atoms with Crippen molar-refractivity contribution < 1.29 is 18.7 Å². The van der Waals surface area contributed by atoms with E-state index < -0.39 is 8.56 Å². The third-order valence-corrected chi connectivity index (χ3v) is 4.74. The van der Waals surface area contributed by atoms with E-state index in [1.807, 2.05) is 30.3 Å². The van der Waals surface area contributed by atoms with E-state index in [0.29, 0.717) is 0 Å². The first-order valence-electron chi connectivity index (χ1n) is 4.65. The van der Waals surface area contributed by atoms with Crippen LogP contribution in [0, 0.1) is 0 Å². The third-order valence-electron chi connectivity index (χ3n) is 2.19. The first kappa shape index (κ1) is 12.2. The zero-order valence-corrected chi connectivity index (χ0v) is 9.97. The highest BCUT2D eigenvalue weighted by Crippen LogP contribution is 2.12. The van der Waals surface area contributed by atoms with Crippen LogP contribution in [-0.2, 0) is 8.85 Å². The minimum absolute atomic E-state index is 0.118. The van der Waals surface area contributed by atoms with E-state index in [2.05, 4.69) is 0 Å². The van der Waals surface area contributed by atoms with Crippen molar-refractivity contribution in [2.75, 3.05) is 26.7 Å². The first-order valence-corrected chi connectivity index (χ1v) is 6.88. The van der Waals surface area contributed by atoms with Crippen LogP contribution >= 0.6 is 0 Å². The Labute approximate surface area is 90.7 Å². The van der Waals surface area contributed by atoms with E-state index in [1.54, 1.807) is 0 Å². The lowest BCUT2D eigenvalue weighted by Crippen LogP contribution is -2.50. The van der Waals surface area contributed by atoms with Crippen molar-refractivity contribution in [3.05, 3.63) is 30.3 Å². The molecule has 0 aliphatic heterocycles. The summed E-state index contributed by atoms with van der Waals surface area (Å²) in [6.07, 6.45) is 0.160. The molecule has 0 aliphatic carbocycles. The van der Waals surface area contributed by atoms with E-state index in [-0.39, 0.29) is 12.5 Å². The molecule has 0 aliphatic rings. The molecule has 0 saturated heterocycles. The number of rotatable bonds is 6. The Balaban J connectivity index is 2.54. The molecule has 0 aromatic heterocycles. The molecular weight excluding hydrogens is 212 g/mol. The molecule has 0 amide bonds. The number of ether oxygens (including phenoxy) is 1. The Kier molecular flexibility index (Phi) is 4.77. The smallest absolute Gasteiger partial charge is 0.402 e. The van der Waals surface area contributed by atoms with Gasteiger partial charge < -0.3 is 18.7 Å². The van der Waals surface area contributed by atoms with Crippen LogP contribution < -0.4 is 4.74 Å². The van der Waals surface area contributed by atoms with E-state index in [4.69, 9.17) is 13.6 Å². The lowest BCUT2D eigenvalue weighted by atomic mass is 10.3. The molecule has 4 nitrogen and oxygen atoms in total. The van der Waals surface area contributed by atoms with Gasteiger partial charge in [0.1, 0.15) is 12.0 Å². The summed E-state index contributed by atoms with van der Waals surface area (Å²) in [5.41, 5.74) is 0. The number of hydrogen-bond donors (Lipinski definition) is 1. The molecule has 15 heavy (non-hydrogen) atoms. The van der Waals surface area contributed by atoms with Gasteiger partial charge in [-0.15, -0.1) is 0 Å². The summed E-state index contributed by atoms with van der Waals surface area (Å²) in [5, 5.41) is 9.19. The highest BCUT2D eigenvalue weighted by Gasteiger charge is 2.36.